The fourth-order valence-corrected chi connectivity index (χ4v) is 6.31. The van der Waals surface area contributed by atoms with Crippen LogP contribution in [0.3, 0.4) is 0 Å². The van der Waals surface area contributed by atoms with Gasteiger partial charge in [-0.3, -0.25) is 19.5 Å². The van der Waals surface area contributed by atoms with Crippen LogP contribution in [0.4, 0.5) is 5.82 Å². The molecule has 0 saturated carbocycles. The summed E-state index contributed by atoms with van der Waals surface area (Å²) in [6.07, 6.45) is 9.03. The number of ether oxygens (including phenoxy) is 1. The van der Waals surface area contributed by atoms with Crippen molar-refractivity contribution in [2.75, 3.05) is 38.2 Å². The number of H-pyrrole nitrogens is 1. The summed E-state index contributed by atoms with van der Waals surface area (Å²) >= 11 is 0. The normalized spacial score (nSPS) is 15.2. The van der Waals surface area contributed by atoms with Gasteiger partial charge in [0, 0.05) is 55.7 Å². The van der Waals surface area contributed by atoms with E-state index in [1.807, 2.05) is 54.7 Å². The van der Waals surface area contributed by atoms with Gasteiger partial charge in [-0.05, 0) is 48.6 Å². The first-order valence-electron chi connectivity index (χ1n) is 15.3. The minimum atomic E-state index is -1.35. The molecule has 6 rings (SSSR count). The Morgan fingerprint density at radius 1 is 1.04 bits per heavy atom. The van der Waals surface area contributed by atoms with Crippen molar-refractivity contribution in [2.24, 2.45) is 0 Å². The Morgan fingerprint density at radius 2 is 1.83 bits per heavy atom. The van der Waals surface area contributed by atoms with Crippen molar-refractivity contribution in [3.8, 4) is 0 Å². The highest BCUT2D eigenvalue weighted by Crippen LogP contribution is 2.36. The number of anilines is 1. The van der Waals surface area contributed by atoms with Crippen LogP contribution in [0.2, 0.25) is 0 Å². The number of para-hydroxylation sites is 1. The van der Waals surface area contributed by atoms with E-state index in [9.17, 15) is 14.4 Å². The second-order valence-electron chi connectivity index (χ2n) is 11.4. The summed E-state index contributed by atoms with van der Waals surface area (Å²) in [5.41, 5.74) is 1.78. The molecule has 0 bridgehead atoms. The number of aromatic amines is 1. The molecule has 46 heavy (non-hydrogen) atoms. The Morgan fingerprint density at radius 3 is 2.54 bits per heavy atom. The number of aromatic nitrogens is 3. The van der Waals surface area contributed by atoms with Crippen LogP contribution < -0.4 is 10.2 Å². The first-order chi connectivity index (χ1) is 22.5. The molecular weight excluding hydrogens is 584 g/mol. The summed E-state index contributed by atoms with van der Waals surface area (Å²) in [5.74, 6) is -1.27. The number of methoxy groups -OCH3 is 1. The first kappa shape index (κ1) is 30.7. The highest BCUT2D eigenvalue weighted by atomic mass is 16.5. The number of hydrogen-bond donors (Lipinski definition) is 2. The Bertz CT molecular complexity index is 1770. The molecule has 3 aromatic heterocycles. The fourth-order valence-electron chi connectivity index (χ4n) is 6.31. The molecule has 1 saturated heterocycles. The van der Waals surface area contributed by atoms with E-state index in [4.69, 9.17) is 9.15 Å². The second-order valence-corrected chi connectivity index (χ2v) is 11.4. The fraction of sp³-hybridized carbons (Fsp3) is 0.286. The van der Waals surface area contributed by atoms with Crippen LogP contribution in [0, 0.1) is 0 Å². The van der Waals surface area contributed by atoms with Gasteiger partial charge in [0.2, 0.25) is 5.91 Å². The van der Waals surface area contributed by atoms with Gasteiger partial charge in [-0.25, -0.2) is 9.78 Å². The van der Waals surface area contributed by atoms with Crippen molar-refractivity contribution in [3.63, 3.8) is 0 Å². The summed E-state index contributed by atoms with van der Waals surface area (Å²) in [7, 11) is 1.31. The van der Waals surface area contributed by atoms with E-state index in [1.54, 1.807) is 12.1 Å². The summed E-state index contributed by atoms with van der Waals surface area (Å²) < 4.78 is 10.7. The molecule has 1 aliphatic rings. The van der Waals surface area contributed by atoms with Gasteiger partial charge in [0.25, 0.3) is 5.91 Å². The molecule has 11 heteroatoms. The lowest BCUT2D eigenvalue weighted by Gasteiger charge is -2.45. The van der Waals surface area contributed by atoms with Crippen molar-refractivity contribution in [2.45, 2.75) is 30.7 Å². The molecule has 1 aliphatic heterocycles. The maximum Gasteiger partial charge on any atom is 0.332 e. The van der Waals surface area contributed by atoms with E-state index >= 15 is 0 Å². The molecule has 5 aromatic rings. The average molecular weight is 621 g/mol. The predicted octanol–water partition coefficient (Wildman–Crippen LogP) is 4.35. The highest BCUT2D eigenvalue weighted by Gasteiger charge is 2.51. The number of carbonyl (C=O) groups is 3. The number of likely N-dealkylation sites (tertiary alicyclic amines) is 1. The number of benzene rings is 2. The lowest BCUT2D eigenvalue weighted by atomic mass is 9.84. The van der Waals surface area contributed by atoms with Crippen molar-refractivity contribution in [3.05, 3.63) is 115 Å². The van der Waals surface area contributed by atoms with Crippen LogP contribution in [-0.4, -0.2) is 76.5 Å². The maximum absolute atomic E-state index is 13.8. The molecular formula is C35H36N6O5. The van der Waals surface area contributed by atoms with Crippen molar-refractivity contribution >= 4 is 34.5 Å². The van der Waals surface area contributed by atoms with Gasteiger partial charge >= 0.3 is 5.97 Å². The number of carbonyl (C=O) groups excluding carboxylic acids is 3. The van der Waals surface area contributed by atoms with Gasteiger partial charge in [-0.2, -0.15) is 0 Å². The SMILES string of the molecule is COC(=O)C1(N(C(=O)c2ccco2)c2cnccn2)CCN(CC(C(=O)NCCc2c[nH]c3ccccc23)c2ccccc2)CC1. The van der Waals surface area contributed by atoms with Crippen molar-refractivity contribution < 1.29 is 23.5 Å². The minimum Gasteiger partial charge on any atom is -0.467 e. The van der Waals surface area contributed by atoms with Gasteiger partial charge in [0.15, 0.2) is 11.6 Å². The molecule has 2 aromatic carbocycles. The number of esters is 1. The number of nitrogens with zero attached hydrogens (tertiary/aromatic N) is 4. The lowest BCUT2D eigenvalue weighted by molar-refractivity contribution is -0.149. The molecule has 2 amide bonds. The number of amides is 2. The smallest absolute Gasteiger partial charge is 0.332 e. The van der Waals surface area contributed by atoms with Gasteiger partial charge in [0.1, 0.15) is 5.54 Å². The molecule has 236 valence electrons. The first-order valence-corrected chi connectivity index (χ1v) is 15.3. The van der Waals surface area contributed by atoms with Crippen LogP contribution >= 0.6 is 0 Å². The molecule has 0 aliphatic carbocycles. The third-order valence-corrected chi connectivity index (χ3v) is 8.72. The van der Waals surface area contributed by atoms with E-state index in [0.29, 0.717) is 32.6 Å². The second kappa shape index (κ2) is 13.8. The molecule has 1 fully saturated rings. The molecule has 11 nitrogen and oxygen atoms in total. The molecule has 1 atom stereocenters. The Balaban J connectivity index is 1.19. The maximum atomic E-state index is 13.8. The molecule has 0 spiro atoms. The number of fused-ring (bicyclic) bond motifs is 1. The standard InChI is InChI=1S/C35H36N6O5/c1-45-34(44)35(41(31-23-36-17-18-37-31)33(43)30-12-7-21-46-30)14-19-40(20-15-35)24-28(25-8-3-2-4-9-25)32(42)38-16-13-26-22-39-29-11-6-5-10-27(26)29/h2-12,17-18,21-23,28,39H,13-16,19-20,24H2,1H3,(H,38,42). The number of nitrogens with one attached hydrogen (secondary N) is 2. The topological polar surface area (TPSA) is 134 Å². The average Bonchev–Trinajstić information content (AvgIpc) is 3.79. The van der Waals surface area contributed by atoms with Crippen LogP contribution in [0.1, 0.15) is 40.4 Å². The lowest BCUT2D eigenvalue weighted by Crippen LogP contribution is -2.63. The number of furan rings is 1. The van der Waals surface area contributed by atoms with E-state index in [1.165, 1.54) is 36.9 Å². The van der Waals surface area contributed by atoms with Gasteiger partial charge < -0.3 is 24.4 Å². The number of hydrogen-bond acceptors (Lipinski definition) is 8. The summed E-state index contributed by atoms with van der Waals surface area (Å²) in [5, 5.41) is 4.31. The summed E-state index contributed by atoms with van der Waals surface area (Å²) in [6.45, 7) is 1.81. The third kappa shape index (κ3) is 6.27. The van der Waals surface area contributed by atoms with Crippen molar-refractivity contribution in [1.29, 1.82) is 0 Å². The monoisotopic (exact) mass is 620 g/mol. The number of piperidine rings is 1. The third-order valence-electron chi connectivity index (χ3n) is 8.72. The van der Waals surface area contributed by atoms with Gasteiger partial charge in [-0.15, -0.1) is 0 Å². The van der Waals surface area contributed by atoms with Gasteiger partial charge in [0.05, 0.1) is 25.5 Å². The van der Waals surface area contributed by atoms with E-state index in [2.05, 4.69) is 31.2 Å². The largest absolute Gasteiger partial charge is 0.467 e. The number of rotatable bonds is 11. The van der Waals surface area contributed by atoms with Crippen LogP contribution in [0.5, 0.6) is 0 Å². The predicted molar refractivity (Wildman–Crippen MR) is 172 cm³/mol. The molecule has 2 N–H and O–H groups in total. The zero-order chi connectivity index (χ0) is 31.9. The minimum absolute atomic E-state index is 0.0648. The Labute approximate surface area is 266 Å². The van der Waals surface area contributed by atoms with Crippen molar-refractivity contribution in [1.82, 2.24) is 25.2 Å². The van der Waals surface area contributed by atoms with E-state index in [0.717, 1.165) is 22.0 Å². The molecule has 4 heterocycles. The molecule has 0 radical (unpaired) electrons. The molecule has 1 unspecified atom stereocenters. The summed E-state index contributed by atoms with van der Waals surface area (Å²) in [4.78, 5) is 56.4. The Hall–Kier alpha value is -5.29. The van der Waals surface area contributed by atoms with Gasteiger partial charge in [-0.1, -0.05) is 48.5 Å². The van der Waals surface area contributed by atoms with Crippen LogP contribution in [-0.2, 0) is 20.7 Å². The van der Waals surface area contributed by atoms with Crippen LogP contribution in [0.15, 0.2) is 102 Å². The van der Waals surface area contributed by atoms with E-state index < -0.39 is 23.3 Å². The summed E-state index contributed by atoms with van der Waals surface area (Å²) in [6, 6.07) is 21.0. The quantitative estimate of drug-likeness (QED) is 0.208. The Kier molecular flexibility index (Phi) is 9.20. The van der Waals surface area contributed by atoms with Crippen LogP contribution in [0.25, 0.3) is 10.9 Å². The highest BCUT2D eigenvalue weighted by molar-refractivity contribution is 6.09. The van der Waals surface area contributed by atoms with E-state index in [-0.39, 0.29) is 30.3 Å². The zero-order valence-corrected chi connectivity index (χ0v) is 25.6. The zero-order valence-electron chi connectivity index (χ0n) is 25.6.